The second-order valence-corrected chi connectivity index (χ2v) is 5.40. The Bertz CT molecular complexity index is 425. The number of pyridine rings is 1. The van der Waals surface area contributed by atoms with Gasteiger partial charge in [0, 0.05) is 25.3 Å². The van der Waals surface area contributed by atoms with E-state index in [2.05, 4.69) is 15.2 Å². The van der Waals surface area contributed by atoms with Gasteiger partial charge in [0.1, 0.15) is 5.82 Å². The first-order valence-electron chi connectivity index (χ1n) is 7.26. The first-order valence-corrected chi connectivity index (χ1v) is 7.26. The Morgan fingerprint density at radius 2 is 2.20 bits per heavy atom. The molecule has 0 spiro atoms. The van der Waals surface area contributed by atoms with E-state index in [0.29, 0.717) is 5.82 Å². The number of piperidine rings is 1. The number of carbonyl (C=O) groups is 1. The van der Waals surface area contributed by atoms with Gasteiger partial charge in [0.15, 0.2) is 0 Å². The molecule has 1 aromatic heterocycles. The number of likely N-dealkylation sites (tertiary alicyclic amines) is 1. The largest absolute Gasteiger partial charge is 0.396 e. The summed E-state index contributed by atoms with van der Waals surface area (Å²) in [6.07, 6.45) is 4.32. The van der Waals surface area contributed by atoms with Crippen molar-refractivity contribution >= 4 is 11.7 Å². The lowest BCUT2D eigenvalue weighted by molar-refractivity contribution is -0.121. The molecular weight excluding hydrogens is 254 g/mol. The highest BCUT2D eigenvalue weighted by atomic mass is 16.3. The Kier molecular flexibility index (Phi) is 5.49. The fourth-order valence-corrected chi connectivity index (χ4v) is 2.48. The summed E-state index contributed by atoms with van der Waals surface area (Å²) in [5.74, 6) is 0.773. The molecule has 1 amide bonds. The van der Waals surface area contributed by atoms with Gasteiger partial charge in [-0.05, 0) is 50.9 Å². The highest BCUT2D eigenvalue weighted by Gasteiger charge is 2.24. The Morgan fingerprint density at radius 1 is 1.45 bits per heavy atom. The van der Waals surface area contributed by atoms with Crippen LogP contribution in [0.3, 0.4) is 0 Å². The molecule has 2 N–H and O–H groups in total. The lowest BCUT2D eigenvalue weighted by atomic mass is 9.96. The molecule has 1 aliphatic rings. The van der Waals surface area contributed by atoms with Crippen molar-refractivity contribution in [3.63, 3.8) is 0 Å². The van der Waals surface area contributed by atoms with Crippen molar-refractivity contribution in [3.05, 3.63) is 23.9 Å². The fourth-order valence-electron chi connectivity index (χ4n) is 2.48. The van der Waals surface area contributed by atoms with Crippen LogP contribution >= 0.6 is 0 Å². The Labute approximate surface area is 120 Å². The molecule has 20 heavy (non-hydrogen) atoms. The Morgan fingerprint density at radius 3 is 2.80 bits per heavy atom. The zero-order valence-corrected chi connectivity index (χ0v) is 12.0. The average molecular weight is 277 g/mol. The van der Waals surface area contributed by atoms with Crippen LogP contribution in [0.1, 0.15) is 24.8 Å². The number of aliphatic hydroxyl groups is 1. The first kappa shape index (κ1) is 14.9. The van der Waals surface area contributed by atoms with Crippen LogP contribution in [0.5, 0.6) is 0 Å². The highest BCUT2D eigenvalue weighted by Crippen LogP contribution is 2.19. The van der Waals surface area contributed by atoms with Crippen LogP contribution < -0.4 is 5.32 Å². The molecule has 5 heteroatoms. The minimum Gasteiger partial charge on any atom is -0.396 e. The van der Waals surface area contributed by atoms with Gasteiger partial charge in [-0.15, -0.1) is 0 Å². The first-order chi connectivity index (χ1) is 9.69. The quantitative estimate of drug-likeness (QED) is 0.854. The predicted octanol–water partition coefficient (Wildman–Crippen LogP) is 1.42. The van der Waals surface area contributed by atoms with Crippen molar-refractivity contribution in [1.82, 2.24) is 9.88 Å². The van der Waals surface area contributed by atoms with Gasteiger partial charge in [-0.1, -0.05) is 6.07 Å². The molecule has 1 aromatic rings. The lowest BCUT2D eigenvalue weighted by Gasteiger charge is -2.30. The summed E-state index contributed by atoms with van der Waals surface area (Å²) in [4.78, 5) is 18.7. The van der Waals surface area contributed by atoms with Gasteiger partial charge in [-0.2, -0.15) is 0 Å². The van der Waals surface area contributed by atoms with Crippen molar-refractivity contribution in [2.24, 2.45) is 5.92 Å². The molecule has 110 valence electrons. The zero-order valence-electron chi connectivity index (χ0n) is 12.0. The molecule has 5 nitrogen and oxygen atoms in total. The summed E-state index contributed by atoms with van der Waals surface area (Å²) in [6.45, 7) is 4.99. The van der Waals surface area contributed by atoms with Crippen LogP contribution in [0, 0.1) is 12.8 Å². The Hall–Kier alpha value is -1.46. The molecule has 2 heterocycles. The molecule has 0 aliphatic carbocycles. The van der Waals surface area contributed by atoms with Crippen LogP contribution in [0.2, 0.25) is 0 Å². The number of aryl methyl sites for hydroxylation is 1. The summed E-state index contributed by atoms with van der Waals surface area (Å²) < 4.78 is 0. The smallest absolute Gasteiger partial charge is 0.228 e. The molecule has 2 rings (SSSR count). The van der Waals surface area contributed by atoms with Gasteiger partial charge in [0.05, 0.1) is 0 Å². The summed E-state index contributed by atoms with van der Waals surface area (Å²) in [6, 6.07) is 3.78. The lowest BCUT2D eigenvalue weighted by Crippen LogP contribution is -2.38. The third-order valence-electron chi connectivity index (χ3n) is 3.75. The number of anilines is 1. The molecule has 0 atom stereocenters. The van der Waals surface area contributed by atoms with Crippen LogP contribution in [0.25, 0.3) is 0 Å². The van der Waals surface area contributed by atoms with Gasteiger partial charge in [0.2, 0.25) is 5.91 Å². The number of hydrogen-bond acceptors (Lipinski definition) is 4. The maximum absolute atomic E-state index is 12.2. The molecule has 0 unspecified atom stereocenters. The van der Waals surface area contributed by atoms with E-state index in [0.717, 1.165) is 44.5 Å². The monoisotopic (exact) mass is 277 g/mol. The normalized spacial score (nSPS) is 17.1. The van der Waals surface area contributed by atoms with E-state index in [9.17, 15) is 4.79 Å². The van der Waals surface area contributed by atoms with Gasteiger partial charge in [-0.3, -0.25) is 4.79 Å². The van der Waals surface area contributed by atoms with Crippen molar-refractivity contribution in [2.75, 3.05) is 31.6 Å². The van der Waals surface area contributed by atoms with Crippen molar-refractivity contribution in [1.29, 1.82) is 0 Å². The van der Waals surface area contributed by atoms with E-state index in [1.54, 1.807) is 6.20 Å². The molecule has 0 saturated carbocycles. The van der Waals surface area contributed by atoms with E-state index in [-0.39, 0.29) is 18.4 Å². The number of hydrogen-bond donors (Lipinski definition) is 2. The number of aromatic nitrogens is 1. The molecule has 1 fully saturated rings. The maximum atomic E-state index is 12.2. The zero-order chi connectivity index (χ0) is 14.4. The van der Waals surface area contributed by atoms with Crippen LogP contribution in [-0.4, -0.2) is 47.1 Å². The van der Waals surface area contributed by atoms with E-state index in [4.69, 9.17) is 5.11 Å². The number of aliphatic hydroxyl groups excluding tert-OH is 1. The standard InChI is InChI=1S/C15H23N3O2/c1-12-3-4-14(16-11-12)17-15(20)13-5-8-18(9-6-13)7-2-10-19/h3-4,11,13,19H,2,5-10H2,1H3,(H,16,17,20). The molecule has 1 aliphatic heterocycles. The third-order valence-corrected chi connectivity index (χ3v) is 3.75. The SMILES string of the molecule is Cc1ccc(NC(=O)C2CCN(CCCO)CC2)nc1. The van der Waals surface area contributed by atoms with Crippen LogP contribution in [0.4, 0.5) is 5.82 Å². The summed E-state index contributed by atoms with van der Waals surface area (Å²) in [7, 11) is 0. The molecular formula is C15H23N3O2. The minimum atomic E-state index is 0.0724. The van der Waals surface area contributed by atoms with Gasteiger partial charge in [-0.25, -0.2) is 4.98 Å². The summed E-state index contributed by atoms with van der Waals surface area (Å²) >= 11 is 0. The number of nitrogens with one attached hydrogen (secondary N) is 1. The minimum absolute atomic E-state index is 0.0724. The number of nitrogens with zero attached hydrogens (tertiary/aromatic N) is 2. The van der Waals surface area contributed by atoms with Gasteiger partial charge in [0.25, 0.3) is 0 Å². The topological polar surface area (TPSA) is 65.5 Å². The molecule has 0 radical (unpaired) electrons. The number of amides is 1. The number of carbonyl (C=O) groups excluding carboxylic acids is 1. The van der Waals surface area contributed by atoms with E-state index >= 15 is 0 Å². The third kappa shape index (κ3) is 4.28. The fraction of sp³-hybridized carbons (Fsp3) is 0.600. The highest BCUT2D eigenvalue weighted by molar-refractivity contribution is 5.91. The summed E-state index contributed by atoms with van der Waals surface area (Å²) in [5.41, 5.74) is 1.08. The number of rotatable bonds is 5. The molecule has 0 bridgehead atoms. The second kappa shape index (κ2) is 7.36. The van der Waals surface area contributed by atoms with E-state index in [1.165, 1.54) is 0 Å². The van der Waals surface area contributed by atoms with Crippen LogP contribution in [0.15, 0.2) is 18.3 Å². The second-order valence-electron chi connectivity index (χ2n) is 5.40. The summed E-state index contributed by atoms with van der Waals surface area (Å²) in [5, 5.41) is 11.7. The molecule has 0 aromatic carbocycles. The Balaban J connectivity index is 1.78. The van der Waals surface area contributed by atoms with E-state index < -0.39 is 0 Å². The van der Waals surface area contributed by atoms with Crippen LogP contribution in [-0.2, 0) is 4.79 Å². The maximum Gasteiger partial charge on any atom is 0.228 e. The van der Waals surface area contributed by atoms with Crippen molar-refractivity contribution in [3.8, 4) is 0 Å². The molecule has 1 saturated heterocycles. The van der Waals surface area contributed by atoms with Crippen molar-refractivity contribution in [2.45, 2.75) is 26.2 Å². The van der Waals surface area contributed by atoms with Gasteiger partial charge < -0.3 is 15.3 Å². The van der Waals surface area contributed by atoms with Gasteiger partial charge >= 0.3 is 0 Å². The van der Waals surface area contributed by atoms with Crippen molar-refractivity contribution < 1.29 is 9.90 Å². The van der Waals surface area contributed by atoms with E-state index in [1.807, 2.05) is 19.1 Å². The predicted molar refractivity (Wildman–Crippen MR) is 78.5 cm³/mol. The average Bonchev–Trinajstić information content (AvgIpc) is 2.48.